The summed E-state index contributed by atoms with van der Waals surface area (Å²) in [4.78, 5) is 21.7. The summed E-state index contributed by atoms with van der Waals surface area (Å²) in [5.41, 5.74) is 2.20. The van der Waals surface area contributed by atoms with Gasteiger partial charge in [-0.05, 0) is 29.8 Å². The number of nitrogens with one attached hydrogen (secondary N) is 1. The molecular weight excluding hydrogens is 386 g/mol. The molecular formula is C19H18ClN3OS2. The van der Waals surface area contributed by atoms with Crippen LogP contribution in [0.15, 0.2) is 54.9 Å². The van der Waals surface area contributed by atoms with Crippen molar-refractivity contribution in [1.29, 1.82) is 0 Å². The molecule has 3 rings (SSSR count). The van der Waals surface area contributed by atoms with Gasteiger partial charge in [0, 0.05) is 46.6 Å². The van der Waals surface area contributed by atoms with Gasteiger partial charge in [-0.2, -0.15) is 11.8 Å². The minimum absolute atomic E-state index is 0.00841. The third-order valence-corrected chi connectivity index (χ3v) is 5.70. The maximum absolute atomic E-state index is 12.0. The highest BCUT2D eigenvalue weighted by Gasteiger charge is 2.08. The fourth-order valence-corrected chi connectivity index (χ4v) is 4.10. The van der Waals surface area contributed by atoms with Gasteiger partial charge in [-0.15, -0.1) is 11.3 Å². The summed E-state index contributed by atoms with van der Waals surface area (Å²) in [6, 6.07) is 13.6. The Balaban J connectivity index is 1.40. The molecule has 0 atom stereocenters. The van der Waals surface area contributed by atoms with Crippen molar-refractivity contribution in [3.8, 4) is 0 Å². The number of benzene rings is 1. The van der Waals surface area contributed by atoms with Crippen LogP contribution in [-0.4, -0.2) is 21.6 Å². The quantitative estimate of drug-likeness (QED) is 0.535. The predicted octanol–water partition coefficient (Wildman–Crippen LogP) is 5.04. The summed E-state index contributed by atoms with van der Waals surface area (Å²) in [7, 11) is 0. The normalized spacial score (nSPS) is 10.7. The molecule has 0 aliphatic rings. The number of amides is 1. The number of thiazole rings is 1. The molecule has 7 heteroatoms. The Hall–Kier alpha value is -1.89. The first-order chi connectivity index (χ1) is 12.7. The maximum Gasteiger partial charge on any atom is 0.226 e. The molecule has 0 saturated heterocycles. The van der Waals surface area contributed by atoms with Gasteiger partial charge in [0.15, 0.2) is 5.13 Å². The molecule has 1 amide bonds. The summed E-state index contributed by atoms with van der Waals surface area (Å²) < 4.78 is 0. The lowest BCUT2D eigenvalue weighted by molar-refractivity contribution is -0.115. The minimum Gasteiger partial charge on any atom is -0.302 e. The standard InChI is InChI=1S/C19H18ClN3OS2/c20-15-6-4-14(5-7-15)11-17-12-22-19(26-17)23-18(24)8-10-25-13-16-3-1-2-9-21-16/h1-7,9,12H,8,10-11,13H2,(H,22,23,24). The second kappa shape index (κ2) is 9.71. The van der Waals surface area contributed by atoms with Crippen molar-refractivity contribution in [2.75, 3.05) is 11.1 Å². The van der Waals surface area contributed by atoms with Crippen LogP contribution < -0.4 is 5.32 Å². The molecule has 0 saturated carbocycles. The van der Waals surface area contributed by atoms with Gasteiger partial charge in [0.25, 0.3) is 0 Å². The molecule has 0 spiro atoms. The van der Waals surface area contributed by atoms with Crippen molar-refractivity contribution < 1.29 is 4.79 Å². The van der Waals surface area contributed by atoms with Crippen LogP contribution in [0, 0.1) is 0 Å². The van der Waals surface area contributed by atoms with Gasteiger partial charge in [0.1, 0.15) is 0 Å². The Kier molecular flexibility index (Phi) is 7.05. The first kappa shape index (κ1) is 18.9. The number of pyridine rings is 1. The van der Waals surface area contributed by atoms with Crippen molar-refractivity contribution in [2.45, 2.75) is 18.6 Å². The second-order valence-electron chi connectivity index (χ2n) is 5.61. The Labute approximate surface area is 166 Å². The van der Waals surface area contributed by atoms with Crippen molar-refractivity contribution in [2.24, 2.45) is 0 Å². The molecule has 0 fully saturated rings. The second-order valence-corrected chi connectivity index (χ2v) is 8.26. The zero-order chi connectivity index (χ0) is 18.2. The number of nitrogens with zero attached hydrogens (tertiary/aromatic N) is 2. The molecule has 2 heterocycles. The highest BCUT2D eigenvalue weighted by molar-refractivity contribution is 7.98. The lowest BCUT2D eigenvalue weighted by Crippen LogP contribution is -2.11. The third-order valence-electron chi connectivity index (χ3n) is 3.54. The summed E-state index contributed by atoms with van der Waals surface area (Å²) in [5.74, 6) is 1.56. The lowest BCUT2D eigenvalue weighted by Gasteiger charge is -2.02. The summed E-state index contributed by atoms with van der Waals surface area (Å²) in [6.07, 6.45) is 4.84. The van der Waals surface area contributed by atoms with Crippen molar-refractivity contribution >= 4 is 45.7 Å². The molecule has 0 radical (unpaired) electrons. The largest absolute Gasteiger partial charge is 0.302 e. The highest BCUT2D eigenvalue weighted by Crippen LogP contribution is 2.22. The number of hydrogen-bond acceptors (Lipinski definition) is 5. The van der Waals surface area contributed by atoms with Gasteiger partial charge in [-0.25, -0.2) is 4.98 Å². The molecule has 134 valence electrons. The van der Waals surface area contributed by atoms with Gasteiger partial charge in [0.05, 0.1) is 5.69 Å². The molecule has 0 aliphatic heterocycles. The monoisotopic (exact) mass is 403 g/mol. The van der Waals surface area contributed by atoms with Crippen LogP contribution in [0.4, 0.5) is 5.13 Å². The van der Waals surface area contributed by atoms with Gasteiger partial charge in [-0.1, -0.05) is 29.8 Å². The van der Waals surface area contributed by atoms with Crippen molar-refractivity contribution in [3.63, 3.8) is 0 Å². The lowest BCUT2D eigenvalue weighted by atomic mass is 10.1. The first-order valence-electron chi connectivity index (χ1n) is 8.16. The molecule has 0 bridgehead atoms. The average Bonchev–Trinajstić information content (AvgIpc) is 3.08. The summed E-state index contributed by atoms with van der Waals surface area (Å²) in [5, 5.41) is 4.25. The molecule has 2 aromatic heterocycles. The molecule has 1 N–H and O–H groups in total. The molecule has 26 heavy (non-hydrogen) atoms. The summed E-state index contributed by atoms with van der Waals surface area (Å²) in [6.45, 7) is 0. The van der Waals surface area contributed by atoms with E-state index in [1.54, 1.807) is 18.0 Å². The predicted molar refractivity (Wildman–Crippen MR) is 110 cm³/mol. The van der Waals surface area contributed by atoms with E-state index in [1.165, 1.54) is 16.9 Å². The molecule has 3 aromatic rings. The van der Waals surface area contributed by atoms with Crippen LogP contribution in [0.5, 0.6) is 0 Å². The van der Waals surface area contributed by atoms with E-state index in [0.29, 0.717) is 11.6 Å². The van der Waals surface area contributed by atoms with Crippen LogP contribution in [0.3, 0.4) is 0 Å². The minimum atomic E-state index is -0.00841. The van der Waals surface area contributed by atoms with Gasteiger partial charge in [0.2, 0.25) is 5.91 Å². The number of carbonyl (C=O) groups excluding carboxylic acids is 1. The van der Waals surface area contributed by atoms with E-state index >= 15 is 0 Å². The van der Waals surface area contributed by atoms with E-state index in [0.717, 1.165) is 33.5 Å². The zero-order valence-electron chi connectivity index (χ0n) is 14.0. The smallest absolute Gasteiger partial charge is 0.226 e. The van der Waals surface area contributed by atoms with Crippen molar-refractivity contribution in [3.05, 3.63) is 76.0 Å². The zero-order valence-corrected chi connectivity index (χ0v) is 16.4. The van der Waals surface area contributed by atoms with E-state index in [2.05, 4.69) is 15.3 Å². The van der Waals surface area contributed by atoms with Crippen LogP contribution in [0.2, 0.25) is 5.02 Å². The Morgan fingerprint density at radius 1 is 1.15 bits per heavy atom. The fourth-order valence-electron chi connectivity index (χ4n) is 2.26. The highest BCUT2D eigenvalue weighted by atomic mass is 35.5. The maximum atomic E-state index is 12.0. The number of rotatable bonds is 8. The number of anilines is 1. The number of thioether (sulfide) groups is 1. The topological polar surface area (TPSA) is 54.9 Å². The number of halogens is 1. The van der Waals surface area contributed by atoms with Crippen molar-refractivity contribution in [1.82, 2.24) is 9.97 Å². The van der Waals surface area contributed by atoms with E-state index in [9.17, 15) is 4.79 Å². The van der Waals surface area contributed by atoms with E-state index < -0.39 is 0 Å². The van der Waals surface area contributed by atoms with Gasteiger partial charge in [-0.3, -0.25) is 9.78 Å². The molecule has 1 aromatic carbocycles. The third kappa shape index (κ3) is 6.12. The van der Waals surface area contributed by atoms with Gasteiger partial charge < -0.3 is 5.32 Å². The van der Waals surface area contributed by atoms with Crippen LogP contribution >= 0.6 is 34.7 Å². The van der Waals surface area contributed by atoms with E-state index in [-0.39, 0.29) is 5.91 Å². The molecule has 4 nitrogen and oxygen atoms in total. The molecule has 0 aliphatic carbocycles. The average molecular weight is 404 g/mol. The number of hydrogen-bond donors (Lipinski definition) is 1. The summed E-state index contributed by atoms with van der Waals surface area (Å²) >= 11 is 9.11. The Morgan fingerprint density at radius 3 is 2.77 bits per heavy atom. The SMILES string of the molecule is O=C(CCSCc1ccccn1)Nc1ncc(Cc2ccc(Cl)cc2)s1. The number of aromatic nitrogens is 2. The number of carbonyl (C=O) groups is 1. The molecule has 0 unspecified atom stereocenters. The van der Waals surface area contributed by atoms with E-state index in [4.69, 9.17) is 11.6 Å². The van der Waals surface area contributed by atoms with E-state index in [1.807, 2.05) is 48.7 Å². The van der Waals surface area contributed by atoms with Crippen LogP contribution in [0.25, 0.3) is 0 Å². The fraction of sp³-hybridized carbons (Fsp3) is 0.211. The Bertz CT molecular complexity index is 838. The van der Waals surface area contributed by atoms with Crippen LogP contribution in [-0.2, 0) is 17.0 Å². The van der Waals surface area contributed by atoms with Crippen LogP contribution in [0.1, 0.15) is 22.6 Å². The van der Waals surface area contributed by atoms with Gasteiger partial charge >= 0.3 is 0 Å². The Morgan fingerprint density at radius 2 is 2.00 bits per heavy atom. The first-order valence-corrected chi connectivity index (χ1v) is 10.5.